The van der Waals surface area contributed by atoms with E-state index in [-0.39, 0.29) is 0 Å². The van der Waals surface area contributed by atoms with Crippen LogP contribution in [0.4, 0.5) is 0 Å². The fraction of sp³-hybridized carbons (Fsp3) is 1.00. The van der Waals surface area contributed by atoms with E-state index >= 15 is 0 Å². The molecule has 1 nitrogen and oxygen atoms in total. The molecule has 0 unspecified atom stereocenters. The first-order chi connectivity index (χ1) is 6.83. The minimum Gasteiger partial charge on any atom is -0.414 e. The molecule has 0 atom stereocenters. The van der Waals surface area contributed by atoms with Crippen LogP contribution in [-0.2, 0) is 4.43 Å². The van der Waals surface area contributed by atoms with Crippen LogP contribution in [0.3, 0.4) is 0 Å². The van der Waals surface area contributed by atoms with E-state index in [1.165, 1.54) is 38.5 Å². The third-order valence-electron chi connectivity index (χ3n) is 4.07. The van der Waals surface area contributed by atoms with E-state index in [4.69, 9.17) is 4.43 Å². The summed E-state index contributed by atoms with van der Waals surface area (Å²) in [5, 5.41) is 0.360. The summed E-state index contributed by atoms with van der Waals surface area (Å²) in [5.74, 6) is 0. The van der Waals surface area contributed by atoms with Crippen molar-refractivity contribution >= 4 is 8.32 Å². The van der Waals surface area contributed by atoms with Crippen molar-refractivity contribution in [2.45, 2.75) is 83.5 Å². The van der Waals surface area contributed by atoms with E-state index in [2.05, 4.69) is 33.9 Å². The van der Waals surface area contributed by atoms with Crippen LogP contribution in [-0.4, -0.2) is 14.4 Å². The first kappa shape index (κ1) is 13.2. The Morgan fingerprint density at radius 3 is 1.80 bits per heavy atom. The largest absolute Gasteiger partial charge is 0.414 e. The van der Waals surface area contributed by atoms with Crippen LogP contribution in [0.1, 0.15) is 59.3 Å². The van der Waals surface area contributed by atoms with E-state index in [0.29, 0.717) is 11.1 Å². The van der Waals surface area contributed by atoms with Gasteiger partial charge in [-0.2, -0.15) is 0 Å². The van der Waals surface area contributed by atoms with Gasteiger partial charge in [0.25, 0.3) is 0 Å². The normalized spacial score (nSPS) is 21.4. The van der Waals surface area contributed by atoms with Crippen LogP contribution in [0.25, 0.3) is 0 Å². The molecular formula is C13H28OSi. The van der Waals surface area contributed by atoms with Crippen LogP contribution in [0.15, 0.2) is 0 Å². The quantitative estimate of drug-likeness (QED) is 0.490. The number of hydrogen-bond acceptors (Lipinski definition) is 1. The van der Waals surface area contributed by atoms with E-state index in [1.807, 2.05) is 0 Å². The molecule has 1 saturated carbocycles. The van der Waals surface area contributed by atoms with E-state index < -0.39 is 8.32 Å². The van der Waals surface area contributed by atoms with Crippen LogP contribution in [0, 0.1) is 0 Å². The zero-order chi connectivity index (χ0) is 11.5. The molecule has 0 bridgehead atoms. The highest BCUT2D eigenvalue weighted by Gasteiger charge is 2.38. The Bertz CT molecular complexity index is 185. The molecular weight excluding hydrogens is 200 g/mol. The Kier molecular flexibility index (Phi) is 4.42. The summed E-state index contributed by atoms with van der Waals surface area (Å²) < 4.78 is 6.46. The number of hydrogen-bond donors (Lipinski definition) is 0. The predicted octanol–water partition coefficient (Wildman–Crippen LogP) is 4.73. The maximum absolute atomic E-state index is 6.46. The molecule has 2 heteroatoms. The highest BCUT2D eigenvalue weighted by atomic mass is 28.4. The Balaban J connectivity index is 2.51. The van der Waals surface area contributed by atoms with Crippen molar-refractivity contribution in [3.63, 3.8) is 0 Å². The van der Waals surface area contributed by atoms with E-state index in [0.717, 1.165) is 0 Å². The summed E-state index contributed by atoms with van der Waals surface area (Å²) in [7, 11) is -1.51. The molecule has 0 aliphatic heterocycles. The predicted molar refractivity (Wildman–Crippen MR) is 69.8 cm³/mol. The second-order valence-electron chi connectivity index (χ2n) is 6.49. The van der Waals surface area contributed by atoms with Gasteiger partial charge in [0.05, 0.1) is 0 Å². The maximum Gasteiger partial charge on any atom is 0.192 e. The highest BCUT2D eigenvalue weighted by Crippen LogP contribution is 2.38. The summed E-state index contributed by atoms with van der Waals surface area (Å²) in [5.41, 5.74) is 0. The van der Waals surface area contributed by atoms with Gasteiger partial charge in [-0.05, 0) is 31.0 Å². The smallest absolute Gasteiger partial charge is 0.192 e. The molecule has 0 aromatic heterocycles. The minimum atomic E-state index is -1.51. The summed E-state index contributed by atoms with van der Waals surface area (Å²) in [6, 6.07) is 0. The zero-order valence-electron chi connectivity index (χ0n) is 11.2. The third kappa shape index (κ3) is 3.91. The van der Waals surface area contributed by atoms with Gasteiger partial charge in [-0.1, -0.05) is 46.5 Å². The van der Waals surface area contributed by atoms with Crippen molar-refractivity contribution in [3.05, 3.63) is 0 Å². The van der Waals surface area contributed by atoms with Gasteiger partial charge in [0, 0.05) is 6.10 Å². The molecule has 0 amide bonds. The van der Waals surface area contributed by atoms with Crippen molar-refractivity contribution in [1.82, 2.24) is 0 Å². The Hall–Kier alpha value is 0.177. The van der Waals surface area contributed by atoms with Crippen LogP contribution in [0.2, 0.25) is 18.1 Å². The molecule has 1 fully saturated rings. The van der Waals surface area contributed by atoms with Gasteiger partial charge >= 0.3 is 0 Å². The summed E-state index contributed by atoms with van der Waals surface area (Å²) >= 11 is 0. The summed E-state index contributed by atoms with van der Waals surface area (Å²) in [4.78, 5) is 0. The molecule has 0 saturated heterocycles. The summed E-state index contributed by atoms with van der Waals surface area (Å²) in [6.45, 7) is 11.7. The Labute approximate surface area is 96.7 Å². The Morgan fingerprint density at radius 2 is 1.40 bits per heavy atom. The first-order valence-electron chi connectivity index (χ1n) is 6.51. The van der Waals surface area contributed by atoms with Crippen molar-refractivity contribution in [3.8, 4) is 0 Å². The van der Waals surface area contributed by atoms with Crippen LogP contribution >= 0.6 is 0 Å². The molecule has 0 heterocycles. The number of rotatable bonds is 2. The summed E-state index contributed by atoms with van der Waals surface area (Å²) in [6.07, 6.45) is 8.74. The Morgan fingerprint density at radius 1 is 0.933 bits per heavy atom. The highest BCUT2D eigenvalue weighted by molar-refractivity contribution is 6.74. The lowest BCUT2D eigenvalue weighted by Crippen LogP contribution is -2.43. The van der Waals surface area contributed by atoms with Crippen LogP contribution in [0.5, 0.6) is 0 Å². The molecule has 0 radical (unpaired) electrons. The topological polar surface area (TPSA) is 9.23 Å². The molecule has 0 spiro atoms. The maximum atomic E-state index is 6.46. The monoisotopic (exact) mass is 228 g/mol. The molecule has 0 N–H and O–H groups in total. The van der Waals surface area contributed by atoms with Gasteiger partial charge < -0.3 is 4.43 Å². The molecule has 0 aromatic rings. The van der Waals surface area contributed by atoms with Crippen molar-refractivity contribution in [1.29, 1.82) is 0 Å². The second-order valence-corrected chi connectivity index (χ2v) is 11.2. The van der Waals surface area contributed by atoms with Gasteiger partial charge in [0.15, 0.2) is 8.32 Å². The molecule has 1 aliphatic carbocycles. The zero-order valence-corrected chi connectivity index (χ0v) is 12.2. The molecule has 1 aliphatic rings. The van der Waals surface area contributed by atoms with Gasteiger partial charge in [-0.3, -0.25) is 0 Å². The molecule has 0 aromatic carbocycles. The van der Waals surface area contributed by atoms with Gasteiger partial charge in [-0.15, -0.1) is 0 Å². The lowest BCUT2D eigenvalue weighted by Gasteiger charge is -2.39. The second kappa shape index (κ2) is 5.01. The van der Waals surface area contributed by atoms with E-state index in [9.17, 15) is 0 Å². The van der Waals surface area contributed by atoms with Crippen LogP contribution < -0.4 is 0 Å². The van der Waals surface area contributed by atoms with Gasteiger partial charge in [0.2, 0.25) is 0 Å². The third-order valence-corrected chi connectivity index (χ3v) is 8.60. The van der Waals surface area contributed by atoms with Crippen molar-refractivity contribution in [2.24, 2.45) is 0 Å². The van der Waals surface area contributed by atoms with Gasteiger partial charge in [0.1, 0.15) is 0 Å². The van der Waals surface area contributed by atoms with Gasteiger partial charge in [-0.25, -0.2) is 0 Å². The minimum absolute atomic E-state index is 0.360. The molecule has 90 valence electrons. The molecule has 15 heavy (non-hydrogen) atoms. The lowest BCUT2D eigenvalue weighted by atomic mass is 10.2. The van der Waals surface area contributed by atoms with Crippen molar-refractivity contribution < 1.29 is 4.43 Å². The van der Waals surface area contributed by atoms with Crippen molar-refractivity contribution in [2.75, 3.05) is 0 Å². The SMILES string of the molecule is CC(C)(C)[Si](C)(C)OC1CCCCCC1. The first-order valence-corrected chi connectivity index (χ1v) is 9.41. The fourth-order valence-corrected chi connectivity index (χ4v) is 3.38. The average Bonchev–Trinajstić information content (AvgIpc) is 2.30. The van der Waals surface area contributed by atoms with E-state index in [1.54, 1.807) is 0 Å². The fourth-order valence-electron chi connectivity index (χ4n) is 1.95. The average molecular weight is 228 g/mol. The molecule has 1 rings (SSSR count). The standard InChI is InChI=1S/C13H28OSi/c1-13(2,3)15(4,5)14-12-10-8-6-7-9-11-12/h12H,6-11H2,1-5H3. The lowest BCUT2D eigenvalue weighted by molar-refractivity contribution is 0.164.